The summed E-state index contributed by atoms with van der Waals surface area (Å²) in [7, 11) is 0. The van der Waals surface area contributed by atoms with E-state index in [9.17, 15) is 5.11 Å². The molecule has 96 valence electrons. The monoisotopic (exact) mass is 264 g/mol. The molecule has 1 unspecified atom stereocenters. The van der Waals surface area contributed by atoms with Crippen LogP contribution in [0.1, 0.15) is 23.9 Å². The SMILES string of the molecule is Cc1nn(CC(C)(O)c2ccccc2)c(C)c1Cl. The van der Waals surface area contributed by atoms with Crippen molar-refractivity contribution in [2.45, 2.75) is 32.9 Å². The Morgan fingerprint density at radius 3 is 2.39 bits per heavy atom. The van der Waals surface area contributed by atoms with Gasteiger partial charge in [-0.1, -0.05) is 41.9 Å². The molecule has 0 amide bonds. The van der Waals surface area contributed by atoms with Gasteiger partial charge >= 0.3 is 0 Å². The van der Waals surface area contributed by atoms with Gasteiger partial charge in [-0.3, -0.25) is 4.68 Å². The van der Waals surface area contributed by atoms with Gasteiger partial charge in [0, 0.05) is 0 Å². The quantitative estimate of drug-likeness (QED) is 0.925. The predicted octanol–water partition coefficient (Wildman–Crippen LogP) is 3.06. The van der Waals surface area contributed by atoms with Crippen molar-refractivity contribution >= 4 is 11.6 Å². The summed E-state index contributed by atoms with van der Waals surface area (Å²) in [6.07, 6.45) is 0. The Hall–Kier alpha value is -1.32. The molecule has 0 saturated heterocycles. The molecule has 1 aromatic carbocycles. The maximum absolute atomic E-state index is 10.6. The lowest BCUT2D eigenvalue weighted by Gasteiger charge is -2.24. The number of nitrogens with zero attached hydrogens (tertiary/aromatic N) is 2. The lowest BCUT2D eigenvalue weighted by molar-refractivity contribution is 0.0339. The van der Waals surface area contributed by atoms with Crippen LogP contribution in [0.15, 0.2) is 30.3 Å². The van der Waals surface area contributed by atoms with Crippen LogP contribution in [0.2, 0.25) is 5.02 Å². The minimum absolute atomic E-state index is 0.385. The van der Waals surface area contributed by atoms with E-state index in [1.54, 1.807) is 11.6 Å². The number of hydrogen-bond acceptors (Lipinski definition) is 2. The van der Waals surface area contributed by atoms with Gasteiger partial charge in [-0.05, 0) is 26.3 Å². The van der Waals surface area contributed by atoms with Crippen molar-refractivity contribution in [3.8, 4) is 0 Å². The molecule has 2 rings (SSSR count). The van der Waals surface area contributed by atoms with Gasteiger partial charge in [0.25, 0.3) is 0 Å². The van der Waals surface area contributed by atoms with Crippen molar-refractivity contribution < 1.29 is 5.11 Å². The first-order valence-corrected chi connectivity index (χ1v) is 6.27. The highest BCUT2D eigenvalue weighted by Gasteiger charge is 2.25. The Balaban J connectivity index is 2.30. The standard InChI is InChI=1S/C14H17ClN2O/c1-10-13(15)11(2)17(16-10)9-14(3,18)12-7-5-4-6-8-12/h4-8,18H,9H2,1-3H3. The molecule has 0 saturated carbocycles. The molecule has 0 aliphatic carbocycles. The average Bonchev–Trinajstić information content (AvgIpc) is 2.58. The first kappa shape index (κ1) is 13.1. The second kappa shape index (κ2) is 4.75. The third kappa shape index (κ3) is 2.42. The Bertz CT molecular complexity index is 546. The highest BCUT2D eigenvalue weighted by atomic mass is 35.5. The van der Waals surface area contributed by atoms with Gasteiger partial charge in [-0.25, -0.2) is 0 Å². The highest BCUT2D eigenvalue weighted by molar-refractivity contribution is 6.31. The van der Waals surface area contributed by atoms with Crippen LogP contribution in [0.5, 0.6) is 0 Å². The number of aryl methyl sites for hydroxylation is 1. The van der Waals surface area contributed by atoms with Crippen LogP contribution in [0, 0.1) is 13.8 Å². The van der Waals surface area contributed by atoms with E-state index in [1.165, 1.54) is 0 Å². The molecule has 2 aromatic rings. The third-order valence-corrected chi connectivity index (χ3v) is 3.69. The molecule has 0 aliphatic rings. The van der Waals surface area contributed by atoms with Gasteiger partial charge in [-0.2, -0.15) is 5.10 Å². The van der Waals surface area contributed by atoms with E-state index < -0.39 is 5.60 Å². The second-order valence-electron chi connectivity index (χ2n) is 4.78. The zero-order valence-electron chi connectivity index (χ0n) is 10.8. The fourth-order valence-electron chi connectivity index (χ4n) is 2.01. The van der Waals surface area contributed by atoms with E-state index in [0.717, 1.165) is 17.0 Å². The summed E-state index contributed by atoms with van der Waals surface area (Å²) in [4.78, 5) is 0. The minimum atomic E-state index is -0.964. The zero-order valence-corrected chi connectivity index (χ0v) is 11.6. The Morgan fingerprint density at radius 1 is 1.28 bits per heavy atom. The summed E-state index contributed by atoms with van der Waals surface area (Å²) in [5, 5.41) is 15.6. The van der Waals surface area contributed by atoms with Crippen LogP contribution in [0.25, 0.3) is 0 Å². The summed E-state index contributed by atoms with van der Waals surface area (Å²) in [5.41, 5.74) is 1.57. The number of aromatic nitrogens is 2. The third-order valence-electron chi connectivity index (χ3n) is 3.15. The molecule has 1 N–H and O–H groups in total. The molecule has 4 heteroatoms. The number of benzene rings is 1. The van der Waals surface area contributed by atoms with E-state index in [2.05, 4.69) is 5.10 Å². The van der Waals surface area contributed by atoms with Gasteiger partial charge in [0.1, 0.15) is 5.60 Å². The summed E-state index contributed by atoms with van der Waals surface area (Å²) < 4.78 is 1.75. The first-order chi connectivity index (χ1) is 8.42. The number of aliphatic hydroxyl groups is 1. The van der Waals surface area contributed by atoms with Crippen LogP contribution in [-0.2, 0) is 12.1 Å². The van der Waals surface area contributed by atoms with Crippen LogP contribution < -0.4 is 0 Å². The summed E-state index contributed by atoms with van der Waals surface area (Å²) >= 11 is 6.11. The van der Waals surface area contributed by atoms with E-state index in [1.807, 2.05) is 44.2 Å². The normalized spacial score (nSPS) is 14.5. The molecule has 0 spiro atoms. The molecule has 0 aliphatic heterocycles. The van der Waals surface area contributed by atoms with Gasteiger partial charge in [0.05, 0.1) is 23.0 Å². The van der Waals surface area contributed by atoms with Gasteiger partial charge in [0.15, 0.2) is 0 Å². The van der Waals surface area contributed by atoms with Crippen molar-refractivity contribution in [3.63, 3.8) is 0 Å². The molecule has 0 fully saturated rings. The highest BCUT2D eigenvalue weighted by Crippen LogP contribution is 2.25. The van der Waals surface area contributed by atoms with Gasteiger partial charge < -0.3 is 5.11 Å². The molecule has 18 heavy (non-hydrogen) atoms. The minimum Gasteiger partial charge on any atom is -0.384 e. The first-order valence-electron chi connectivity index (χ1n) is 5.89. The van der Waals surface area contributed by atoms with Gasteiger partial charge in [-0.15, -0.1) is 0 Å². The molecular formula is C14H17ClN2O. The maximum atomic E-state index is 10.6. The van der Waals surface area contributed by atoms with Crippen molar-refractivity contribution in [2.24, 2.45) is 0 Å². The maximum Gasteiger partial charge on any atom is 0.106 e. The predicted molar refractivity (Wildman–Crippen MR) is 72.7 cm³/mol. The van der Waals surface area contributed by atoms with Crippen LogP contribution >= 0.6 is 11.6 Å². The van der Waals surface area contributed by atoms with E-state index in [0.29, 0.717) is 11.6 Å². The smallest absolute Gasteiger partial charge is 0.106 e. The van der Waals surface area contributed by atoms with E-state index in [-0.39, 0.29) is 0 Å². The molecule has 1 heterocycles. The fourth-order valence-corrected chi connectivity index (χ4v) is 2.14. The molecule has 1 aromatic heterocycles. The van der Waals surface area contributed by atoms with E-state index >= 15 is 0 Å². The van der Waals surface area contributed by atoms with Crippen LogP contribution in [-0.4, -0.2) is 14.9 Å². The second-order valence-corrected chi connectivity index (χ2v) is 5.16. The largest absolute Gasteiger partial charge is 0.384 e. The van der Waals surface area contributed by atoms with E-state index in [4.69, 9.17) is 11.6 Å². The number of hydrogen-bond donors (Lipinski definition) is 1. The number of rotatable bonds is 3. The zero-order chi connectivity index (χ0) is 13.3. The summed E-state index contributed by atoms with van der Waals surface area (Å²) in [6, 6.07) is 9.58. The average molecular weight is 265 g/mol. The molecule has 1 atom stereocenters. The van der Waals surface area contributed by atoms with Crippen molar-refractivity contribution in [1.29, 1.82) is 0 Å². The van der Waals surface area contributed by atoms with Crippen molar-refractivity contribution in [1.82, 2.24) is 9.78 Å². The van der Waals surface area contributed by atoms with Crippen molar-refractivity contribution in [2.75, 3.05) is 0 Å². The lowest BCUT2D eigenvalue weighted by atomic mass is 9.96. The topological polar surface area (TPSA) is 38.0 Å². The summed E-state index contributed by atoms with van der Waals surface area (Å²) in [5.74, 6) is 0. The van der Waals surface area contributed by atoms with Crippen LogP contribution in [0.3, 0.4) is 0 Å². The molecule has 0 bridgehead atoms. The molecule has 3 nitrogen and oxygen atoms in total. The fraction of sp³-hybridized carbons (Fsp3) is 0.357. The van der Waals surface area contributed by atoms with Crippen molar-refractivity contribution in [3.05, 3.63) is 52.3 Å². The van der Waals surface area contributed by atoms with Crippen LogP contribution in [0.4, 0.5) is 0 Å². The lowest BCUT2D eigenvalue weighted by Crippen LogP contribution is -2.28. The number of halogens is 1. The Morgan fingerprint density at radius 2 is 1.89 bits per heavy atom. The molecule has 0 radical (unpaired) electrons. The Kier molecular flexibility index (Phi) is 3.46. The Labute approximate surface area is 112 Å². The summed E-state index contributed by atoms with van der Waals surface area (Å²) in [6.45, 7) is 5.94. The molecular weight excluding hydrogens is 248 g/mol. The van der Waals surface area contributed by atoms with Gasteiger partial charge in [0.2, 0.25) is 0 Å².